The topological polar surface area (TPSA) is 15.8 Å². The lowest BCUT2D eigenvalue weighted by Gasteiger charge is -1.93. The van der Waals surface area contributed by atoms with E-state index in [2.05, 4.69) is 27.0 Å². The first-order valence-corrected chi connectivity index (χ1v) is 5.51. The molecule has 1 nitrogen and oxygen atoms in total. The zero-order chi connectivity index (χ0) is 9.71. The highest BCUT2D eigenvalue weighted by Gasteiger charge is 2.25. The van der Waals surface area contributed by atoms with Gasteiger partial charge in [-0.25, -0.2) is 4.39 Å². The molecule has 1 saturated carbocycles. The van der Waals surface area contributed by atoms with Crippen LogP contribution in [0, 0.1) is 5.82 Å². The second kappa shape index (κ2) is 2.83. The zero-order valence-electron chi connectivity index (χ0n) is 7.48. The average molecular weight is 254 g/mol. The van der Waals surface area contributed by atoms with Crippen molar-refractivity contribution in [3.63, 3.8) is 0 Å². The van der Waals surface area contributed by atoms with Gasteiger partial charge in [0, 0.05) is 15.6 Å². The number of H-pyrrole nitrogens is 1. The Hall–Kier alpha value is -0.830. The van der Waals surface area contributed by atoms with E-state index in [9.17, 15) is 4.39 Å². The van der Waals surface area contributed by atoms with Crippen LogP contribution < -0.4 is 0 Å². The minimum absolute atomic E-state index is 0.179. The predicted molar refractivity (Wildman–Crippen MR) is 57.9 cm³/mol. The Morgan fingerprint density at radius 3 is 2.79 bits per heavy atom. The fourth-order valence-corrected chi connectivity index (χ4v) is 2.25. The average Bonchev–Trinajstić information content (AvgIpc) is 2.87. The number of fused-ring (bicyclic) bond motifs is 1. The summed E-state index contributed by atoms with van der Waals surface area (Å²) >= 11 is 3.29. The standard InChI is InChI=1S/C11H9BrFN/c12-8-3-7-4-10(6-1-2-6)14-11(7)9(13)5-8/h3-6,14H,1-2H2. The van der Waals surface area contributed by atoms with E-state index in [1.54, 1.807) is 0 Å². The van der Waals surface area contributed by atoms with Gasteiger partial charge in [-0.15, -0.1) is 0 Å². The molecule has 0 bridgehead atoms. The summed E-state index contributed by atoms with van der Waals surface area (Å²) in [7, 11) is 0. The molecule has 0 spiro atoms. The summed E-state index contributed by atoms with van der Waals surface area (Å²) in [6.07, 6.45) is 2.46. The number of benzene rings is 1. The molecule has 1 aromatic heterocycles. The van der Waals surface area contributed by atoms with E-state index < -0.39 is 0 Å². The van der Waals surface area contributed by atoms with Crippen LogP contribution in [0.25, 0.3) is 10.9 Å². The highest BCUT2D eigenvalue weighted by atomic mass is 79.9. The van der Waals surface area contributed by atoms with Crippen LogP contribution in [0.1, 0.15) is 24.5 Å². The first-order chi connectivity index (χ1) is 6.74. The van der Waals surface area contributed by atoms with Gasteiger partial charge in [0.2, 0.25) is 0 Å². The molecule has 1 fully saturated rings. The van der Waals surface area contributed by atoms with Crippen LogP contribution in [0.3, 0.4) is 0 Å². The first-order valence-electron chi connectivity index (χ1n) is 4.72. The molecule has 3 heteroatoms. The van der Waals surface area contributed by atoms with Crippen molar-refractivity contribution < 1.29 is 4.39 Å². The molecule has 1 aliphatic rings. The molecule has 0 saturated heterocycles. The van der Waals surface area contributed by atoms with E-state index >= 15 is 0 Å². The smallest absolute Gasteiger partial charge is 0.148 e. The van der Waals surface area contributed by atoms with Crippen LogP contribution in [0.4, 0.5) is 4.39 Å². The van der Waals surface area contributed by atoms with Crippen molar-refractivity contribution in [2.45, 2.75) is 18.8 Å². The van der Waals surface area contributed by atoms with Crippen molar-refractivity contribution in [3.05, 3.63) is 34.2 Å². The zero-order valence-corrected chi connectivity index (χ0v) is 9.07. The molecule has 3 rings (SSSR count). The summed E-state index contributed by atoms with van der Waals surface area (Å²) in [5.41, 5.74) is 1.81. The highest BCUT2D eigenvalue weighted by Crippen LogP contribution is 2.41. The maximum absolute atomic E-state index is 13.5. The second-order valence-corrected chi connectivity index (χ2v) is 4.77. The van der Waals surface area contributed by atoms with Gasteiger partial charge in [-0.05, 0) is 37.0 Å². The molecular weight excluding hydrogens is 245 g/mol. The van der Waals surface area contributed by atoms with Crippen molar-refractivity contribution in [2.24, 2.45) is 0 Å². The van der Waals surface area contributed by atoms with Crippen molar-refractivity contribution in [1.29, 1.82) is 0 Å². The molecule has 0 amide bonds. The SMILES string of the molecule is Fc1cc(Br)cc2cc(C3CC3)[nH]c12. The molecule has 0 aliphatic heterocycles. The van der Waals surface area contributed by atoms with Gasteiger partial charge in [0.05, 0.1) is 5.52 Å². The monoisotopic (exact) mass is 253 g/mol. The summed E-state index contributed by atoms with van der Waals surface area (Å²) in [6, 6.07) is 5.50. The fraction of sp³-hybridized carbons (Fsp3) is 0.273. The van der Waals surface area contributed by atoms with E-state index in [0.717, 1.165) is 9.86 Å². The van der Waals surface area contributed by atoms with Crippen LogP contribution in [0.15, 0.2) is 22.7 Å². The molecule has 2 aromatic rings. The van der Waals surface area contributed by atoms with Crippen LogP contribution in [0.2, 0.25) is 0 Å². The molecule has 1 N–H and O–H groups in total. The quantitative estimate of drug-likeness (QED) is 0.793. The molecule has 1 heterocycles. The number of nitrogens with one attached hydrogen (secondary N) is 1. The normalized spacial score (nSPS) is 16.4. The van der Waals surface area contributed by atoms with E-state index in [4.69, 9.17) is 0 Å². The molecule has 0 radical (unpaired) electrons. The van der Waals surface area contributed by atoms with E-state index in [1.165, 1.54) is 24.6 Å². The van der Waals surface area contributed by atoms with Gasteiger partial charge in [-0.1, -0.05) is 15.9 Å². The third-order valence-corrected chi connectivity index (χ3v) is 3.14. The van der Waals surface area contributed by atoms with Crippen LogP contribution >= 0.6 is 15.9 Å². The van der Waals surface area contributed by atoms with Crippen LogP contribution in [-0.4, -0.2) is 4.98 Å². The van der Waals surface area contributed by atoms with Gasteiger partial charge >= 0.3 is 0 Å². The molecule has 72 valence electrons. The Morgan fingerprint density at radius 1 is 1.29 bits per heavy atom. The number of aromatic nitrogens is 1. The number of hydrogen-bond acceptors (Lipinski definition) is 0. The lowest BCUT2D eigenvalue weighted by atomic mass is 10.2. The van der Waals surface area contributed by atoms with Crippen molar-refractivity contribution in [3.8, 4) is 0 Å². The lowest BCUT2D eigenvalue weighted by Crippen LogP contribution is -1.79. The molecular formula is C11H9BrFN. The maximum atomic E-state index is 13.5. The Balaban J connectivity index is 2.26. The van der Waals surface area contributed by atoms with Gasteiger partial charge < -0.3 is 4.98 Å². The summed E-state index contributed by atoms with van der Waals surface area (Å²) in [5.74, 6) is 0.460. The Labute approximate surface area is 89.4 Å². The third-order valence-electron chi connectivity index (χ3n) is 2.68. The molecule has 14 heavy (non-hydrogen) atoms. The summed E-state index contributed by atoms with van der Waals surface area (Å²) in [6.45, 7) is 0. The Bertz CT molecular complexity index is 499. The van der Waals surface area contributed by atoms with E-state index in [1.807, 2.05) is 6.07 Å². The van der Waals surface area contributed by atoms with E-state index in [0.29, 0.717) is 11.4 Å². The second-order valence-electron chi connectivity index (χ2n) is 3.85. The third kappa shape index (κ3) is 1.27. The Morgan fingerprint density at radius 2 is 2.07 bits per heavy atom. The summed E-state index contributed by atoms with van der Waals surface area (Å²) < 4.78 is 14.3. The van der Waals surface area contributed by atoms with Gasteiger partial charge in [-0.3, -0.25) is 0 Å². The van der Waals surface area contributed by atoms with Crippen LogP contribution in [-0.2, 0) is 0 Å². The van der Waals surface area contributed by atoms with Gasteiger partial charge in [0.15, 0.2) is 0 Å². The number of rotatable bonds is 1. The fourth-order valence-electron chi connectivity index (χ4n) is 1.80. The van der Waals surface area contributed by atoms with Gasteiger partial charge in [0.1, 0.15) is 5.82 Å². The summed E-state index contributed by atoms with van der Waals surface area (Å²) in [5, 5.41) is 0.957. The van der Waals surface area contributed by atoms with Crippen LogP contribution in [0.5, 0.6) is 0 Å². The number of aromatic amines is 1. The lowest BCUT2D eigenvalue weighted by molar-refractivity contribution is 0.636. The molecule has 1 aliphatic carbocycles. The highest BCUT2D eigenvalue weighted by molar-refractivity contribution is 9.10. The van der Waals surface area contributed by atoms with Gasteiger partial charge in [0.25, 0.3) is 0 Å². The molecule has 1 aromatic carbocycles. The molecule has 0 atom stereocenters. The van der Waals surface area contributed by atoms with Gasteiger partial charge in [-0.2, -0.15) is 0 Å². The van der Waals surface area contributed by atoms with E-state index in [-0.39, 0.29) is 5.82 Å². The molecule has 0 unspecified atom stereocenters. The minimum atomic E-state index is -0.179. The largest absolute Gasteiger partial charge is 0.356 e. The summed E-state index contributed by atoms with van der Waals surface area (Å²) in [4.78, 5) is 3.16. The number of hydrogen-bond donors (Lipinski definition) is 1. The maximum Gasteiger partial charge on any atom is 0.148 e. The Kier molecular flexibility index (Phi) is 1.71. The predicted octanol–water partition coefficient (Wildman–Crippen LogP) is 3.95. The van der Waals surface area contributed by atoms with Crippen molar-refractivity contribution in [2.75, 3.05) is 0 Å². The van der Waals surface area contributed by atoms with Crippen molar-refractivity contribution in [1.82, 2.24) is 4.98 Å². The first kappa shape index (κ1) is 8.48. The number of halogens is 2. The van der Waals surface area contributed by atoms with Crippen molar-refractivity contribution >= 4 is 26.8 Å². The minimum Gasteiger partial charge on any atom is -0.356 e.